The zero-order valence-corrected chi connectivity index (χ0v) is 12.9. The highest BCUT2D eigenvalue weighted by atomic mass is 19.4. The highest BCUT2D eigenvalue weighted by Gasteiger charge is 2.37. The van der Waals surface area contributed by atoms with E-state index in [9.17, 15) is 18.0 Å². The van der Waals surface area contributed by atoms with Crippen LogP contribution in [-0.4, -0.2) is 17.9 Å². The maximum Gasteiger partial charge on any atom is 0.417 e. The Morgan fingerprint density at radius 1 is 1.13 bits per heavy atom. The average Bonchev–Trinajstić information content (AvgIpc) is 2.49. The molecule has 0 aliphatic rings. The Morgan fingerprint density at radius 3 is 2.26 bits per heavy atom. The molecule has 0 aliphatic carbocycles. The summed E-state index contributed by atoms with van der Waals surface area (Å²) in [4.78, 5) is 16.3. The van der Waals surface area contributed by atoms with Gasteiger partial charge in [-0.2, -0.15) is 13.2 Å². The number of aromatic nitrogens is 1. The number of nitrogens with one attached hydrogen (secondary N) is 2. The number of halogens is 3. The molecule has 2 rings (SSSR count). The Balaban J connectivity index is 2.51. The summed E-state index contributed by atoms with van der Waals surface area (Å²) in [6.45, 7) is 3.55. The Bertz CT molecular complexity index is 722. The first-order chi connectivity index (χ1) is 10.8. The summed E-state index contributed by atoms with van der Waals surface area (Å²) in [6, 6.07) is 6.15. The van der Waals surface area contributed by atoms with Gasteiger partial charge in [-0.15, -0.1) is 0 Å². The van der Waals surface area contributed by atoms with Crippen molar-refractivity contribution in [3.05, 3.63) is 52.7 Å². The van der Waals surface area contributed by atoms with Gasteiger partial charge in [-0.1, -0.05) is 18.2 Å². The lowest BCUT2D eigenvalue weighted by Gasteiger charge is -2.17. The smallest absolute Gasteiger partial charge is 0.372 e. The van der Waals surface area contributed by atoms with Crippen molar-refractivity contribution in [3.63, 3.8) is 0 Å². The Kier molecular flexibility index (Phi) is 4.58. The molecule has 0 saturated carbocycles. The number of carbonyl (C=O) groups excluding carboxylic acids is 1. The van der Waals surface area contributed by atoms with Crippen molar-refractivity contribution in [2.75, 3.05) is 17.7 Å². The number of carbonyl (C=O) groups is 1. The normalized spacial score (nSPS) is 11.2. The molecule has 0 radical (unpaired) electrons. The second kappa shape index (κ2) is 6.28. The molecule has 1 amide bonds. The molecule has 0 fully saturated rings. The molecule has 23 heavy (non-hydrogen) atoms. The topological polar surface area (TPSA) is 54.0 Å². The van der Waals surface area contributed by atoms with E-state index in [0.29, 0.717) is 5.69 Å². The number of nitrogens with zero attached hydrogens (tertiary/aromatic N) is 1. The number of hydrogen-bond acceptors (Lipinski definition) is 3. The first-order valence-electron chi connectivity index (χ1n) is 6.87. The van der Waals surface area contributed by atoms with Gasteiger partial charge >= 0.3 is 6.18 Å². The molecule has 0 bridgehead atoms. The van der Waals surface area contributed by atoms with E-state index in [-0.39, 0.29) is 5.82 Å². The molecule has 1 heterocycles. The number of aryl methyl sites for hydroxylation is 2. The van der Waals surface area contributed by atoms with Crippen LogP contribution in [0.1, 0.15) is 27.0 Å². The Morgan fingerprint density at radius 2 is 1.74 bits per heavy atom. The fourth-order valence-corrected chi connectivity index (χ4v) is 2.31. The molecular weight excluding hydrogens is 307 g/mol. The molecule has 0 unspecified atom stereocenters. The Labute approximate surface area is 131 Å². The molecule has 4 nitrogen and oxygen atoms in total. The van der Waals surface area contributed by atoms with E-state index in [1.54, 1.807) is 26.0 Å². The molecule has 0 saturated heterocycles. The summed E-state index contributed by atoms with van der Waals surface area (Å²) in [5, 5.41) is 5.10. The van der Waals surface area contributed by atoms with E-state index in [0.717, 1.165) is 23.4 Å². The minimum Gasteiger partial charge on any atom is -0.372 e. The standard InChI is InChI=1S/C16H16F3N3O/c1-9-5-4-6-10(2)13(9)22-15(23)12-11(16(17,18)19)7-8-21-14(12)20-3/h4-8H,1-3H3,(H,20,21)(H,22,23). The highest BCUT2D eigenvalue weighted by Crippen LogP contribution is 2.34. The van der Waals surface area contributed by atoms with Crippen molar-refractivity contribution < 1.29 is 18.0 Å². The third-order valence-electron chi connectivity index (χ3n) is 3.44. The number of rotatable bonds is 3. The average molecular weight is 323 g/mol. The van der Waals surface area contributed by atoms with Crippen LogP contribution in [0.3, 0.4) is 0 Å². The lowest BCUT2D eigenvalue weighted by molar-refractivity contribution is -0.137. The zero-order chi connectivity index (χ0) is 17.2. The third-order valence-corrected chi connectivity index (χ3v) is 3.44. The summed E-state index contributed by atoms with van der Waals surface area (Å²) in [6.07, 6.45) is -3.63. The first kappa shape index (κ1) is 16.8. The van der Waals surface area contributed by atoms with Crippen LogP contribution in [0.5, 0.6) is 0 Å². The number of amides is 1. The maximum absolute atomic E-state index is 13.2. The summed E-state index contributed by atoms with van der Waals surface area (Å²) in [5.74, 6) is -0.976. The highest BCUT2D eigenvalue weighted by molar-refractivity contribution is 6.09. The fraction of sp³-hybridized carbons (Fsp3) is 0.250. The van der Waals surface area contributed by atoms with Gasteiger partial charge in [-0.25, -0.2) is 4.98 Å². The van der Waals surface area contributed by atoms with Gasteiger partial charge in [0.25, 0.3) is 5.91 Å². The quantitative estimate of drug-likeness (QED) is 0.897. The molecular formula is C16H16F3N3O. The number of para-hydroxylation sites is 1. The van der Waals surface area contributed by atoms with Crippen molar-refractivity contribution in [1.29, 1.82) is 0 Å². The van der Waals surface area contributed by atoms with Crippen LogP contribution in [0.15, 0.2) is 30.5 Å². The number of anilines is 2. The molecule has 0 aliphatic heterocycles. The minimum atomic E-state index is -4.65. The van der Waals surface area contributed by atoms with Gasteiger partial charge in [0.2, 0.25) is 0 Å². The third kappa shape index (κ3) is 3.44. The Hall–Kier alpha value is -2.57. The van der Waals surface area contributed by atoms with Crippen LogP contribution in [0.25, 0.3) is 0 Å². The van der Waals surface area contributed by atoms with Gasteiger partial charge in [0.05, 0.1) is 11.1 Å². The van der Waals surface area contributed by atoms with Crippen molar-refractivity contribution in [1.82, 2.24) is 4.98 Å². The van der Waals surface area contributed by atoms with Gasteiger partial charge in [-0.3, -0.25) is 4.79 Å². The molecule has 122 valence electrons. The number of hydrogen-bond donors (Lipinski definition) is 2. The van der Waals surface area contributed by atoms with Crippen molar-refractivity contribution in [2.45, 2.75) is 20.0 Å². The largest absolute Gasteiger partial charge is 0.417 e. The summed E-state index contributed by atoms with van der Waals surface area (Å²) >= 11 is 0. The lowest BCUT2D eigenvalue weighted by atomic mass is 10.1. The van der Waals surface area contributed by atoms with E-state index < -0.39 is 23.2 Å². The first-order valence-corrected chi connectivity index (χ1v) is 6.87. The number of pyridine rings is 1. The number of benzene rings is 1. The summed E-state index contributed by atoms with van der Waals surface area (Å²) in [7, 11) is 1.41. The van der Waals surface area contributed by atoms with Crippen molar-refractivity contribution >= 4 is 17.4 Å². The second-order valence-electron chi connectivity index (χ2n) is 5.05. The molecule has 1 aromatic carbocycles. The lowest BCUT2D eigenvalue weighted by Crippen LogP contribution is -2.22. The van der Waals surface area contributed by atoms with Gasteiger partial charge < -0.3 is 10.6 Å². The molecule has 0 atom stereocenters. The van der Waals surface area contributed by atoms with E-state index in [4.69, 9.17) is 0 Å². The van der Waals surface area contributed by atoms with Crippen LogP contribution in [-0.2, 0) is 6.18 Å². The van der Waals surface area contributed by atoms with Crippen molar-refractivity contribution in [3.8, 4) is 0 Å². The monoisotopic (exact) mass is 323 g/mol. The van der Waals surface area contributed by atoms with Crippen LogP contribution >= 0.6 is 0 Å². The van der Waals surface area contributed by atoms with E-state index in [1.165, 1.54) is 7.05 Å². The van der Waals surface area contributed by atoms with E-state index >= 15 is 0 Å². The van der Waals surface area contributed by atoms with Crippen LogP contribution in [0.2, 0.25) is 0 Å². The van der Waals surface area contributed by atoms with Crippen molar-refractivity contribution in [2.24, 2.45) is 0 Å². The predicted octanol–water partition coefficient (Wildman–Crippen LogP) is 4.01. The second-order valence-corrected chi connectivity index (χ2v) is 5.05. The van der Waals surface area contributed by atoms with E-state index in [1.807, 2.05) is 6.07 Å². The molecule has 7 heteroatoms. The SMILES string of the molecule is CNc1nccc(C(F)(F)F)c1C(=O)Nc1c(C)cccc1C. The van der Waals surface area contributed by atoms with Gasteiger partial charge in [-0.05, 0) is 31.0 Å². The number of alkyl halides is 3. The van der Waals surface area contributed by atoms with E-state index in [2.05, 4.69) is 15.6 Å². The molecule has 0 spiro atoms. The summed E-state index contributed by atoms with van der Waals surface area (Å²) < 4.78 is 39.6. The predicted molar refractivity (Wildman–Crippen MR) is 82.7 cm³/mol. The minimum absolute atomic E-state index is 0.122. The molecule has 1 aromatic heterocycles. The molecule has 2 N–H and O–H groups in total. The zero-order valence-electron chi connectivity index (χ0n) is 12.9. The van der Waals surface area contributed by atoms with Crippen LogP contribution in [0.4, 0.5) is 24.7 Å². The van der Waals surface area contributed by atoms with Gasteiger partial charge in [0, 0.05) is 18.9 Å². The van der Waals surface area contributed by atoms with Gasteiger partial charge in [0.15, 0.2) is 0 Å². The fourth-order valence-electron chi connectivity index (χ4n) is 2.31. The summed E-state index contributed by atoms with van der Waals surface area (Å²) in [5.41, 5.74) is 0.478. The maximum atomic E-state index is 13.2. The van der Waals surface area contributed by atoms with Crippen LogP contribution < -0.4 is 10.6 Å². The molecule has 2 aromatic rings. The van der Waals surface area contributed by atoms with Crippen LogP contribution in [0, 0.1) is 13.8 Å². The van der Waals surface area contributed by atoms with Gasteiger partial charge in [0.1, 0.15) is 5.82 Å².